The summed E-state index contributed by atoms with van der Waals surface area (Å²) in [5.74, 6) is -1.59. The number of hydrogen-bond donors (Lipinski definition) is 3. The van der Waals surface area contributed by atoms with Crippen LogP contribution in [0, 0.1) is 17.1 Å². The number of benzene rings is 3. The summed E-state index contributed by atoms with van der Waals surface area (Å²) in [6.07, 6.45) is 1.25. The minimum absolute atomic E-state index is 0.00389. The molecule has 10 heteroatoms. The number of aromatic hydroxyl groups is 1. The zero-order valence-corrected chi connectivity index (χ0v) is 18.8. The molecule has 0 radical (unpaired) electrons. The molecule has 0 unspecified atom stereocenters. The van der Waals surface area contributed by atoms with Crippen LogP contribution in [0.4, 0.5) is 10.3 Å². The molecule has 0 fully saturated rings. The molecule has 0 aliphatic rings. The Kier molecular flexibility index (Phi) is 6.83. The Morgan fingerprint density at radius 1 is 1.17 bits per heavy atom. The van der Waals surface area contributed by atoms with Gasteiger partial charge in [0.05, 0.1) is 24.6 Å². The van der Waals surface area contributed by atoms with Crippen molar-refractivity contribution in [3.05, 3.63) is 99.6 Å². The molecule has 0 amide bonds. The van der Waals surface area contributed by atoms with E-state index < -0.39 is 17.3 Å². The molecule has 1 heterocycles. The summed E-state index contributed by atoms with van der Waals surface area (Å²) in [6, 6.07) is 18.9. The number of hydrogen-bond acceptors (Lipinski definition) is 8. The lowest BCUT2D eigenvalue weighted by molar-refractivity contribution is 0.0600. The standard InChI is InChI=1S/C26H18FN5O4/c1-36-25(35)16-10-11-21(27)19(12-16)18-9-5-8-17(23(18)33)14-29-32-26-30-22(15-6-3-2-4-7-15)20(13-28)24(34)31-26/h2-12,14,33H,1H3,(H2,30,31,32,34). The third kappa shape index (κ3) is 4.80. The zero-order valence-electron chi connectivity index (χ0n) is 18.8. The third-order valence-electron chi connectivity index (χ3n) is 5.20. The molecule has 4 rings (SSSR count). The number of hydrazone groups is 1. The number of phenolic OH excluding ortho intramolecular Hbond substituents is 1. The summed E-state index contributed by atoms with van der Waals surface area (Å²) in [6.45, 7) is 0. The fourth-order valence-corrected chi connectivity index (χ4v) is 3.46. The van der Waals surface area contributed by atoms with Crippen molar-refractivity contribution in [3.8, 4) is 34.2 Å². The average molecular weight is 483 g/mol. The van der Waals surface area contributed by atoms with Crippen molar-refractivity contribution in [2.45, 2.75) is 0 Å². The normalized spacial score (nSPS) is 10.7. The molecular formula is C26H18FN5O4. The first-order valence-electron chi connectivity index (χ1n) is 10.5. The van der Waals surface area contributed by atoms with E-state index in [1.54, 1.807) is 36.4 Å². The van der Waals surface area contributed by atoms with Crippen LogP contribution in [0.15, 0.2) is 76.6 Å². The molecule has 0 aliphatic carbocycles. The van der Waals surface area contributed by atoms with Crippen molar-refractivity contribution in [1.29, 1.82) is 5.26 Å². The third-order valence-corrected chi connectivity index (χ3v) is 5.20. The van der Waals surface area contributed by atoms with Crippen LogP contribution in [0.25, 0.3) is 22.4 Å². The number of phenols is 1. The van der Waals surface area contributed by atoms with Crippen molar-refractivity contribution in [2.75, 3.05) is 12.5 Å². The van der Waals surface area contributed by atoms with Gasteiger partial charge in [0.2, 0.25) is 5.95 Å². The van der Waals surface area contributed by atoms with Crippen LogP contribution >= 0.6 is 0 Å². The van der Waals surface area contributed by atoms with Crippen molar-refractivity contribution >= 4 is 18.1 Å². The first-order chi connectivity index (χ1) is 17.4. The van der Waals surface area contributed by atoms with Crippen molar-refractivity contribution < 1.29 is 19.0 Å². The predicted molar refractivity (Wildman–Crippen MR) is 131 cm³/mol. The number of rotatable bonds is 6. The molecule has 0 atom stereocenters. The fourth-order valence-electron chi connectivity index (χ4n) is 3.46. The smallest absolute Gasteiger partial charge is 0.337 e. The van der Waals surface area contributed by atoms with Crippen LogP contribution in [0.3, 0.4) is 0 Å². The number of nitrogens with one attached hydrogen (secondary N) is 2. The van der Waals surface area contributed by atoms with E-state index in [1.165, 1.54) is 37.6 Å². The summed E-state index contributed by atoms with van der Waals surface area (Å²) in [5, 5.41) is 24.1. The van der Waals surface area contributed by atoms with Gasteiger partial charge in [-0.2, -0.15) is 10.4 Å². The van der Waals surface area contributed by atoms with E-state index in [4.69, 9.17) is 0 Å². The highest BCUT2D eigenvalue weighted by Crippen LogP contribution is 2.34. The van der Waals surface area contributed by atoms with Gasteiger partial charge in [0, 0.05) is 22.3 Å². The molecule has 0 saturated heterocycles. The van der Waals surface area contributed by atoms with Crippen LogP contribution in [0.2, 0.25) is 0 Å². The summed E-state index contributed by atoms with van der Waals surface area (Å²) in [7, 11) is 1.21. The second-order valence-corrected chi connectivity index (χ2v) is 7.42. The number of nitrogens with zero attached hydrogens (tertiary/aromatic N) is 3. The largest absolute Gasteiger partial charge is 0.507 e. The molecule has 4 aromatic rings. The van der Waals surface area contributed by atoms with Gasteiger partial charge in [-0.15, -0.1) is 0 Å². The maximum atomic E-state index is 14.5. The summed E-state index contributed by atoms with van der Waals surface area (Å²) < 4.78 is 19.2. The van der Waals surface area contributed by atoms with Crippen molar-refractivity contribution in [2.24, 2.45) is 5.10 Å². The number of nitriles is 1. The highest BCUT2D eigenvalue weighted by Gasteiger charge is 2.16. The van der Waals surface area contributed by atoms with Gasteiger partial charge < -0.3 is 9.84 Å². The minimum atomic E-state index is -0.644. The topological polar surface area (TPSA) is 140 Å². The molecule has 1 aromatic heterocycles. The second-order valence-electron chi connectivity index (χ2n) is 7.42. The summed E-state index contributed by atoms with van der Waals surface area (Å²) >= 11 is 0. The Bertz CT molecular complexity index is 1580. The van der Waals surface area contributed by atoms with E-state index >= 15 is 0 Å². The molecule has 0 aliphatic heterocycles. The van der Waals surface area contributed by atoms with Crippen LogP contribution < -0.4 is 11.0 Å². The number of anilines is 1. The fraction of sp³-hybridized carbons (Fsp3) is 0.0385. The number of carbonyl (C=O) groups is 1. The number of para-hydroxylation sites is 1. The van der Waals surface area contributed by atoms with Gasteiger partial charge in [0.25, 0.3) is 5.56 Å². The first-order valence-corrected chi connectivity index (χ1v) is 10.5. The Hall–Kier alpha value is -5.30. The number of aromatic nitrogens is 2. The molecular weight excluding hydrogens is 465 g/mol. The van der Waals surface area contributed by atoms with E-state index in [2.05, 4.69) is 25.2 Å². The lowest BCUT2D eigenvalue weighted by Gasteiger charge is -2.10. The van der Waals surface area contributed by atoms with Gasteiger partial charge in [-0.05, 0) is 24.3 Å². The molecule has 0 spiro atoms. The van der Waals surface area contributed by atoms with Crippen LogP contribution in [-0.4, -0.2) is 34.4 Å². The SMILES string of the molecule is COC(=O)c1ccc(F)c(-c2cccc(C=NNc3nc(-c4ccccc4)c(C#N)c(=O)[nH]3)c2O)c1. The highest BCUT2D eigenvalue weighted by molar-refractivity contribution is 5.93. The van der Waals surface area contributed by atoms with E-state index in [0.29, 0.717) is 5.56 Å². The predicted octanol–water partition coefficient (Wildman–Crippen LogP) is 4.05. The molecule has 178 valence electrons. The maximum absolute atomic E-state index is 14.5. The van der Waals surface area contributed by atoms with E-state index in [-0.39, 0.29) is 45.2 Å². The van der Waals surface area contributed by atoms with Crippen LogP contribution in [0.1, 0.15) is 21.5 Å². The lowest BCUT2D eigenvalue weighted by atomic mass is 9.99. The van der Waals surface area contributed by atoms with Crippen LogP contribution in [-0.2, 0) is 4.74 Å². The molecule has 36 heavy (non-hydrogen) atoms. The number of esters is 1. The Balaban J connectivity index is 1.65. The second kappa shape index (κ2) is 10.3. The molecule has 3 N–H and O–H groups in total. The number of halogens is 1. The van der Waals surface area contributed by atoms with Gasteiger partial charge in [0.15, 0.2) is 0 Å². The van der Waals surface area contributed by atoms with Crippen molar-refractivity contribution in [3.63, 3.8) is 0 Å². The first kappa shape index (κ1) is 23.8. The summed E-state index contributed by atoms with van der Waals surface area (Å²) in [5.41, 5.74) is 3.04. The Morgan fingerprint density at radius 2 is 1.94 bits per heavy atom. The van der Waals surface area contributed by atoms with E-state index in [9.17, 15) is 24.3 Å². The monoisotopic (exact) mass is 483 g/mol. The van der Waals surface area contributed by atoms with E-state index in [0.717, 1.165) is 6.07 Å². The van der Waals surface area contributed by atoms with Gasteiger partial charge in [0.1, 0.15) is 23.2 Å². The molecule has 0 saturated carbocycles. The van der Waals surface area contributed by atoms with Gasteiger partial charge in [-0.25, -0.2) is 19.6 Å². The molecule has 9 nitrogen and oxygen atoms in total. The molecule has 0 bridgehead atoms. The minimum Gasteiger partial charge on any atom is -0.507 e. The van der Waals surface area contributed by atoms with Crippen molar-refractivity contribution in [1.82, 2.24) is 9.97 Å². The number of H-pyrrole nitrogens is 1. The molecule has 3 aromatic carbocycles. The van der Waals surface area contributed by atoms with Gasteiger partial charge in [-0.3, -0.25) is 9.78 Å². The summed E-state index contributed by atoms with van der Waals surface area (Å²) in [4.78, 5) is 30.9. The zero-order chi connectivity index (χ0) is 25.7. The Labute approximate surface area is 204 Å². The maximum Gasteiger partial charge on any atom is 0.337 e. The lowest BCUT2D eigenvalue weighted by Crippen LogP contribution is -2.16. The number of aromatic amines is 1. The average Bonchev–Trinajstić information content (AvgIpc) is 2.90. The number of ether oxygens (including phenoxy) is 1. The van der Waals surface area contributed by atoms with E-state index in [1.807, 2.05) is 6.07 Å². The van der Waals surface area contributed by atoms with Gasteiger partial charge in [-0.1, -0.05) is 42.5 Å². The van der Waals surface area contributed by atoms with Crippen LogP contribution in [0.5, 0.6) is 5.75 Å². The quantitative estimate of drug-likeness (QED) is 0.213. The Morgan fingerprint density at radius 3 is 2.67 bits per heavy atom. The highest BCUT2D eigenvalue weighted by atomic mass is 19.1. The number of carbonyl (C=O) groups excluding carboxylic acids is 1. The number of methoxy groups -OCH3 is 1. The van der Waals surface area contributed by atoms with Gasteiger partial charge >= 0.3 is 5.97 Å².